The van der Waals surface area contributed by atoms with Crippen molar-refractivity contribution in [2.24, 2.45) is 11.3 Å². The first-order valence-electron chi connectivity index (χ1n) is 8.34. The number of fused-ring (bicyclic) bond motifs is 2. The molecule has 3 rings (SSSR count). The maximum absolute atomic E-state index is 11.2. The second kappa shape index (κ2) is 7.32. The number of rotatable bonds is 7. The fraction of sp³-hybridized carbons (Fsp3) is 0.611. The van der Waals surface area contributed by atoms with Gasteiger partial charge in [0.1, 0.15) is 0 Å². The standard InChI is InChI=1S/C18H25NO4/c20-17(21)19-11-16-6-7-18(10-16,13-19)14-23-9-8-22-12-15-4-2-1-3-5-15/h1-5,16H,6-14H2,(H,20,21). The molecule has 1 amide bonds. The van der Waals surface area contributed by atoms with Crippen molar-refractivity contribution in [1.82, 2.24) is 4.90 Å². The SMILES string of the molecule is O=C(O)N1CC2CCC(COCCOCc3ccccc3)(C2)C1. The quantitative estimate of drug-likeness (QED) is 0.785. The maximum Gasteiger partial charge on any atom is 0.407 e. The zero-order valence-electron chi connectivity index (χ0n) is 13.4. The van der Waals surface area contributed by atoms with Crippen LogP contribution in [0.25, 0.3) is 0 Å². The minimum Gasteiger partial charge on any atom is -0.465 e. The average molecular weight is 319 g/mol. The van der Waals surface area contributed by atoms with Gasteiger partial charge >= 0.3 is 6.09 Å². The molecule has 1 aliphatic carbocycles. The molecule has 1 saturated heterocycles. The third kappa shape index (κ3) is 4.24. The van der Waals surface area contributed by atoms with Crippen LogP contribution in [-0.2, 0) is 16.1 Å². The van der Waals surface area contributed by atoms with Gasteiger partial charge in [-0.2, -0.15) is 0 Å². The molecule has 5 nitrogen and oxygen atoms in total. The van der Waals surface area contributed by atoms with Crippen LogP contribution < -0.4 is 0 Å². The molecule has 1 aromatic rings. The van der Waals surface area contributed by atoms with E-state index in [2.05, 4.69) is 0 Å². The number of hydrogen-bond acceptors (Lipinski definition) is 3. The molecule has 23 heavy (non-hydrogen) atoms. The van der Waals surface area contributed by atoms with E-state index in [-0.39, 0.29) is 5.41 Å². The Hall–Kier alpha value is -1.59. The number of carboxylic acid groups (broad SMARTS) is 1. The number of ether oxygens (including phenoxy) is 2. The predicted octanol–water partition coefficient (Wildman–Crippen LogP) is 3.00. The highest BCUT2D eigenvalue weighted by molar-refractivity contribution is 5.65. The Balaban J connectivity index is 1.36. The molecule has 1 heterocycles. The van der Waals surface area contributed by atoms with Crippen LogP contribution in [0.2, 0.25) is 0 Å². The summed E-state index contributed by atoms with van der Waals surface area (Å²) in [6.45, 7) is 3.68. The molecule has 2 fully saturated rings. The van der Waals surface area contributed by atoms with E-state index < -0.39 is 6.09 Å². The molecule has 2 bridgehead atoms. The first-order chi connectivity index (χ1) is 11.2. The van der Waals surface area contributed by atoms with Gasteiger partial charge in [-0.25, -0.2) is 4.79 Å². The molecule has 5 heteroatoms. The number of piperidine rings is 1. The van der Waals surface area contributed by atoms with Crippen molar-refractivity contribution in [3.63, 3.8) is 0 Å². The van der Waals surface area contributed by atoms with Gasteiger partial charge in [0.25, 0.3) is 0 Å². The molecule has 1 saturated carbocycles. The van der Waals surface area contributed by atoms with Gasteiger partial charge in [-0.05, 0) is 30.7 Å². The molecule has 2 unspecified atom stereocenters. The Morgan fingerprint density at radius 2 is 2.04 bits per heavy atom. The van der Waals surface area contributed by atoms with Gasteiger partial charge in [0.05, 0.1) is 26.4 Å². The number of nitrogens with zero attached hydrogens (tertiary/aromatic N) is 1. The minimum atomic E-state index is -0.799. The van der Waals surface area contributed by atoms with Gasteiger partial charge in [-0.15, -0.1) is 0 Å². The summed E-state index contributed by atoms with van der Waals surface area (Å²) in [5.74, 6) is 0.512. The van der Waals surface area contributed by atoms with Crippen molar-refractivity contribution in [3.05, 3.63) is 35.9 Å². The van der Waals surface area contributed by atoms with Crippen molar-refractivity contribution in [2.75, 3.05) is 32.9 Å². The molecule has 1 N–H and O–H groups in total. The first-order valence-corrected chi connectivity index (χ1v) is 8.34. The summed E-state index contributed by atoms with van der Waals surface area (Å²) in [5.41, 5.74) is 1.19. The lowest BCUT2D eigenvalue weighted by molar-refractivity contribution is -0.0192. The smallest absolute Gasteiger partial charge is 0.407 e. The zero-order chi connectivity index (χ0) is 16.1. The van der Waals surface area contributed by atoms with Crippen molar-refractivity contribution in [1.29, 1.82) is 0 Å². The van der Waals surface area contributed by atoms with E-state index in [4.69, 9.17) is 9.47 Å². The van der Waals surface area contributed by atoms with Crippen molar-refractivity contribution < 1.29 is 19.4 Å². The largest absolute Gasteiger partial charge is 0.465 e. The number of amides is 1. The molecule has 2 atom stereocenters. The Bertz CT molecular complexity index is 521. The van der Waals surface area contributed by atoms with Crippen molar-refractivity contribution in [3.8, 4) is 0 Å². The van der Waals surface area contributed by atoms with Gasteiger partial charge in [0.2, 0.25) is 0 Å². The van der Waals surface area contributed by atoms with E-state index >= 15 is 0 Å². The predicted molar refractivity (Wildman–Crippen MR) is 86.3 cm³/mol. The monoisotopic (exact) mass is 319 g/mol. The number of benzene rings is 1. The van der Waals surface area contributed by atoms with E-state index in [0.717, 1.165) is 24.8 Å². The third-order valence-corrected chi connectivity index (χ3v) is 4.97. The Kier molecular flexibility index (Phi) is 5.18. The van der Waals surface area contributed by atoms with Crippen LogP contribution in [0.15, 0.2) is 30.3 Å². The van der Waals surface area contributed by atoms with E-state index in [9.17, 15) is 9.90 Å². The molecule has 126 valence electrons. The molecule has 0 spiro atoms. The summed E-state index contributed by atoms with van der Waals surface area (Å²) in [6.07, 6.45) is 2.50. The Labute approximate surface area is 137 Å². The first kappa shape index (κ1) is 16.3. The highest BCUT2D eigenvalue weighted by Crippen LogP contribution is 2.46. The number of hydrogen-bond donors (Lipinski definition) is 1. The molecule has 2 aliphatic rings. The topological polar surface area (TPSA) is 59.0 Å². The number of likely N-dealkylation sites (tertiary alicyclic amines) is 1. The van der Waals surface area contributed by atoms with Crippen LogP contribution in [0.5, 0.6) is 0 Å². The van der Waals surface area contributed by atoms with Crippen LogP contribution >= 0.6 is 0 Å². The van der Waals surface area contributed by atoms with Gasteiger partial charge in [0, 0.05) is 18.5 Å². The number of carbonyl (C=O) groups is 1. The van der Waals surface area contributed by atoms with E-state index in [1.165, 1.54) is 0 Å². The summed E-state index contributed by atoms with van der Waals surface area (Å²) >= 11 is 0. The highest BCUT2D eigenvalue weighted by atomic mass is 16.5. The molecule has 0 aromatic heterocycles. The van der Waals surface area contributed by atoms with Crippen LogP contribution in [0.3, 0.4) is 0 Å². The molecular weight excluding hydrogens is 294 g/mol. The molecule has 1 aromatic carbocycles. The van der Waals surface area contributed by atoms with E-state index in [1.54, 1.807) is 4.90 Å². The van der Waals surface area contributed by atoms with E-state index in [0.29, 0.717) is 45.4 Å². The van der Waals surface area contributed by atoms with Crippen LogP contribution in [0, 0.1) is 11.3 Å². The Morgan fingerprint density at radius 1 is 1.26 bits per heavy atom. The Morgan fingerprint density at radius 3 is 2.83 bits per heavy atom. The molecule has 0 radical (unpaired) electrons. The van der Waals surface area contributed by atoms with Gasteiger partial charge < -0.3 is 19.5 Å². The lowest BCUT2D eigenvalue weighted by Crippen LogP contribution is -2.47. The van der Waals surface area contributed by atoms with Crippen molar-refractivity contribution >= 4 is 6.09 Å². The average Bonchev–Trinajstić information content (AvgIpc) is 2.86. The van der Waals surface area contributed by atoms with Crippen LogP contribution in [0.4, 0.5) is 4.79 Å². The summed E-state index contributed by atoms with van der Waals surface area (Å²) in [6, 6.07) is 10.1. The van der Waals surface area contributed by atoms with Gasteiger partial charge in [0.15, 0.2) is 0 Å². The van der Waals surface area contributed by atoms with Crippen molar-refractivity contribution in [2.45, 2.75) is 25.9 Å². The second-order valence-electron chi connectivity index (χ2n) is 6.86. The molecular formula is C18H25NO4. The maximum atomic E-state index is 11.2. The summed E-state index contributed by atoms with van der Waals surface area (Å²) in [5, 5.41) is 9.23. The van der Waals surface area contributed by atoms with Gasteiger partial charge in [-0.1, -0.05) is 30.3 Å². The van der Waals surface area contributed by atoms with Crippen LogP contribution in [0.1, 0.15) is 24.8 Å². The van der Waals surface area contributed by atoms with E-state index in [1.807, 2.05) is 30.3 Å². The second-order valence-corrected chi connectivity index (χ2v) is 6.86. The lowest BCUT2D eigenvalue weighted by Gasteiger charge is -2.38. The fourth-order valence-electron chi connectivity index (χ4n) is 3.90. The van der Waals surface area contributed by atoms with Gasteiger partial charge in [-0.3, -0.25) is 0 Å². The van der Waals surface area contributed by atoms with Crippen LogP contribution in [-0.4, -0.2) is 49.0 Å². The normalized spacial score (nSPS) is 26.4. The highest BCUT2D eigenvalue weighted by Gasteiger charge is 2.46. The third-order valence-electron chi connectivity index (χ3n) is 4.97. The zero-order valence-corrected chi connectivity index (χ0v) is 13.4. The lowest BCUT2D eigenvalue weighted by atomic mass is 9.83. The summed E-state index contributed by atoms with van der Waals surface area (Å²) in [7, 11) is 0. The fourth-order valence-corrected chi connectivity index (χ4v) is 3.90. The summed E-state index contributed by atoms with van der Waals surface area (Å²) < 4.78 is 11.4. The minimum absolute atomic E-state index is 0.0285. The molecule has 1 aliphatic heterocycles. The summed E-state index contributed by atoms with van der Waals surface area (Å²) in [4.78, 5) is 12.8.